The third kappa shape index (κ3) is 4.87. The van der Waals surface area contributed by atoms with E-state index >= 15 is 0 Å². The van der Waals surface area contributed by atoms with Crippen molar-refractivity contribution < 1.29 is 14.9 Å². The largest absolute Gasteiger partial charge is 0.506 e. The Labute approximate surface area is 136 Å². The first-order valence-electron chi connectivity index (χ1n) is 7.62. The lowest BCUT2D eigenvalue weighted by molar-refractivity contribution is 0.170. The summed E-state index contributed by atoms with van der Waals surface area (Å²) in [6.45, 7) is 2.49. The smallest absolute Gasteiger partial charge is 0.138 e. The molecule has 0 aliphatic carbocycles. The van der Waals surface area contributed by atoms with E-state index in [0.29, 0.717) is 12.1 Å². The van der Waals surface area contributed by atoms with Gasteiger partial charge in [-0.1, -0.05) is 18.2 Å². The van der Waals surface area contributed by atoms with Crippen LogP contribution in [0.1, 0.15) is 24.2 Å². The Morgan fingerprint density at radius 3 is 2.48 bits per heavy atom. The summed E-state index contributed by atoms with van der Waals surface area (Å²) in [5.41, 5.74) is 7.81. The van der Waals surface area contributed by atoms with Gasteiger partial charge >= 0.3 is 0 Å². The molecule has 23 heavy (non-hydrogen) atoms. The minimum atomic E-state index is -0.670. The van der Waals surface area contributed by atoms with Crippen molar-refractivity contribution in [1.29, 1.82) is 0 Å². The van der Waals surface area contributed by atoms with Crippen molar-refractivity contribution in [3.05, 3.63) is 53.6 Å². The molecule has 0 aliphatic rings. The summed E-state index contributed by atoms with van der Waals surface area (Å²) in [5.74, 6) is 0.872. The van der Waals surface area contributed by atoms with Gasteiger partial charge in [0.05, 0.1) is 18.9 Å². The predicted octanol–water partition coefficient (Wildman–Crippen LogP) is 2.24. The average Bonchev–Trinajstić information content (AvgIpc) is 2.56. The average molecular weight is 316 g/mol. The van der Waals surface area contributed by atoms with Crippen LogP contribution in [0.4, 0.5) is 5.69 Å². The van der Waals surface area contributed by atoms with Gasteiger partial charge in [-0.15, -0.1) is 0 Å². The highest BCUT2D eigenvalue weighted by atomic mass is 16.5. The first-order chi connectivity index (χ1) is 11.0. The van der Waals surface area contributed by atoms with Crippen LogP contribution in [0, 0.1) is 0 Å². The first kappa shape index (κ1) is 17.1. The molecule has 0 bridgehead atoms. The van der Waals surface area contributed by atoms with Crippen molar-refractivity contribution in [2.75, 3.05) is 19.4 Å². The fourth-order valence-electron chi connectivity index (χ4n) is 2.40. The second-order valence-corrected chi connectivity index (χ2v) is 5.70. The van der Waals surface area contributed by atoms with Crippen LogP contribution in [-0.2, 0) is 6.42 Å². The van der Waals surface area contributed by atoms with Crippen molar-refractivity contribution >= 4 is 5.69 Å². The third-order valence-electron chi connectivity index (χ3n) is 3.80. The number of ether oxygens (including phenoxy) is 1. The maximum atomic E-state index is 10.2. The number of rotatable bonds is 7. The first-order valence-corrected chi connectivity index (χ1v) is 7.62. The van der Waals surface area contributed by atoms with Gasteiger partial charge in [-0.05, 0) is 48.7 Å². The standard InChI is InChI=1S/C18H24N2O3/c1-12(9-13-3-6-15(23-2)7-4-13)20-11-18(22)14-5-8-17(21)16(19)10-14/h3-8,10,12,18,20-22H,9,11,19H2,1-2H3/t12-,18+/m1/s1. The number of anilines is 1. The number of methoxy groups -OCH3 is 1. The van der Waals surface area contributed by atoms with E-state index in [-0.39, 0.29) is 17.5 Å². The molecule has 0 fully saturated rings. The van der Waals surface area contributed by atoms with Gasteiger partial charge < -0.3 is 26.0 Å². The molecule has 0 amide bonds. The zero-order valence-corrected chi connectivity index (χ0v) is 13.5. The number of aliphatic hydroxyl groups is 1. The fraction of sp³-hybridized carbons (Fsp3) is 0.333. The van der Waals surface area contributed by atoms with Crippen molar-refractivity contribution in [2.45, 2.75) is 25.5 Å². The van der Waals surface area contributed by atoms with Crippen molar-refractivity contribution in [2.24, 2.45) is 0 Å². The number of benzene rings is 2. The Morgan fingerprint density at radius 2 is 1.87 bits per heavy atom. The lowest BCUT2D eigenvalue weighted by Gasteiger charge is -2.18. The molecular weight excluding hydrogens is 292 g/mol. The van der Waals surface area contributed by atoms with E-state index in [9.17, 15) is 10.2 Å². The number of hydrogen-bond donors (Lipinski definition) is 4. The number of phenolic OH excluding ortho intramolecular Hbond substituents is 1. The van der Waals surface area contributed by atoms with E-state index in [4.69, 9.17) is 10.5 Å². The third-order valence-corrected chi connectivity index (χ3v) is 3.80. The van der Waals surface area contributed by atoms with Gasteiger partial charge in [-0.2, -0.15) is 0 Å². The SMILES string of the molecule is COc1ccc(C[C@@H](C)NC[C@H](O)c2ccc(O)c(N)c2)cc1. The van der Waals surface area contributed by atoms with E-state index in [0.717, 1.165) is 12.2 Å². The van der Waals surface area contributed by atoms with Gasteiger partial charge in [0.2, 0.25) is 0 Å². The van der Waals surface area contributed by atoms with Gasteiger partial charge in [0.25, 0.3) is 0 Å². The van der Waals surface area contributed by atoms with E-state index < -0.39 is 6.10 Å². The van der Waals surface area contributed by atoms with Crippen molar-refractivity contribution in [3.63, 3.8) is 0 Å². The summed E-state index contributed by atoms with van der Waals surface area (Å²) in [6, 6.07) is 12.9. The predicted molar refractivity (Wildman–Crippen MR) is 91.6 cm³/mol. The summed E-state index contributed by atoms with van der Waals surface area (Å²) in [7, 11) is 1.65. The number of hydrogen-bond acceptors (Lipinski definition) is 5. The molecule has 5 heteroatoms. The molecule has 2 aromatic rings. The number of aliphatic hydroxyl groups excluding tert-OH is 1. The second-order valence-electron chi connectivity index (χ2n) is 5.70. The van der Waals surface area contributed by atoms with E-state index in [1.54, 1.807) is 19.2 Å². The number of nitrogens with one attached hydrogen (secondary N) is 1. The van der Waals surface area contributed by atoms with Crippen molar-refractivity contribution in [3.8, 4) is 11.5 Å². The quantitative estimate of drug-likeness (QED) is 0.465. The summed E-state index contributed by atoms with van der Waals surface area (Å²) < 4.78 is 5.14. The van der Waals surface area contributed by atoms with Crippen LogP contribution >= 0.6 is 0 Å². The highest BCUT2D eigenvalue weighted by molar-refractivity contribution is 5.53. The molecule has 0 spiro atoms. The molecular formula is C18H24N2O3. The number of nitrogen functional groups attached to an aromatic ring is 1. The van der Waals surface area contributed by atoms with Gasteiger partial charge in [0.15, 0.2) is 0 Å². The molecule has 0 heterocycles. The highest BCUT2D eigenvalue weighted by Crippen LogP contribution is 2.24. The molecule has 5 nitrogen and oxygen atoms in total. The lowest BCUT2D eigenvalue weighted by atomic mass is 10.1. The van der Waals surface area contributed by atoms with Gasteiger partial charge in [0, 0.05) is 12.6 Å². The van der Waals surface area contributed by atoms with E-state index in [2.05, 4.69) is 12.2 Å². The van der Waals surface area contributed by atoms with E-state index in [1.165, 1.54) is 11.6 Å². The lowest BCUT2D eigenvalue weighted by Crippen LogP contribution is -2.32. The summed E-state index contributed by atoms with van der Waals surface area (Å²) in [6.07, 6.45) is 0.185. The molecule has 0 saturated heterocycles. The zero-order valence-electron chi connectivity index (χ0n) is 13.5. The number of nitrogens with two attached hydrogens (primary N) is 1. The summed E-state index contributed by atoms with van der Waals surface area (Å²) in [5, 5.41) is 22.9. The molecule has 0 radical (unpaired) electrons. The van der Waals surface area contributed by atoms with E-state index in [1.807, 2.05) is 24.3 Å². The van der Waals surface area contributed by atoms with Gasteiger partial charge in [-0.25, -0.2) is 0 Å². The van der Waals surface area contributed by atoms with Crippen LogP contribution in [0.5, 0.6) is 11.5 Å². The Balaban J connectivity index is 1.85. The molecule has 2 rings (SSSR count). The Hall–Kier alpha value is -2.24. The number of phenols is 1. The topological polar surface area (TPSA) is 87.7 Å². The van der Waals surface area contributed by atoms with Gasteiger partial charge in [0.1, 0.15) is 11.5 Å². The second kappa shape index (κ2) is 7.85. The monoisotopic (exact) mass is 316 g/mol. The molecule has 2 atom stereocenters. The van der Waals surface area contributed by atoms with Gasteiger partial charge in [-0.3, -0.25) is 0 Å². The van der Waals surface area contributed by atoms with Crippen LogP contribution in [0.15, 0.2) is 42.5 Å². The minimum Gasteiger partial charge on any atom is -0.506 e. The molecule has 2 aromatic carbocycles. The Morgan fingerprint density at radius 1 is 1.17 bits per heavy atom. The molecule has 124 valence electrons. The van der Waals surface area contributed by atoms with Crippen LogP contribution in [-0.4, -0.2) is 29.9 Å². The molecule has 0 saturated carbocycles. The van der Waals surface area contributed by atoms with Crippen LogP contribution in [0.25, 0.3) is 0 Å². The molecule has 0 aliphatic heterocycles. The maximum absolute atomic E-state index is 10.2. The zero-order chi connectivity index (χ0) is 16.8. The highest BCUT2D eigenvalue weighted by Gasteiger charge is 2.11. The summed E-state index contributed by atoms with van der Waals surface area (Å²) in [4.78, 5) is 0. The number of aromatic hydroxyl groups is 1. The molecule has 0 unspecified atom stereocenters. The molecule has 0 aromatic heterocycles. The maximum Gasteiger partial charge on any atom is 0.138 e. The normalized spacial score (nSPS) is 13.5. The van der Waals surface area contributed by atoms with Crippen LogP contribution in [0.2, 0.25) is 0 Å². The summed E-state index contributed by atoms with van der Waals surface area (Å²) >= 11 is 0. The molecule has 5 N–H and O–H groups in total. The fourth-order valence-corrected chi connectivity index (χ4v) is 2.40. The Bertz CT molecular complexity index is 629. The minimum absolute atomic E-state index is 0.0294. The Kier molecular flexibility index (Phi) is 5.84. The van der Waals surface area contributed by atoms with Crippen molar-refractivity contribution in [1.82, 2.24) is 5.32 Å². The van der Waals surface area contributed by atoms with Crippen LogP contribution < -0.4 is 15.8 Å². The van der Waals surface area contributed by atoms with Crippen LogP contribution in [0.3, 0.4) is 0 Å².